The molecule has 3 rings (SSSR count). The van der Waals surface area contributed by atoms with Crippen LogP contribution in [0.15, 0.2) is 24.3 Å². The fourth-order valence-electron chi connectivity index (χ4n) is 2.70. The molecule has 0 aliphatic carbocycles. The van der Waals surface area contributed by atoms with E-state index in [1.165, 1.54) is 6.07 Å². The quantitative estimate of drug-likeness (QED) is 0.821. The van der Waals surface area contributed by atoms with Gasteiger partial charge in [-0.2, -0.15) is 4.39 Å². The SMILES string of the molecule is CC(C)(C)OC(=O)C1Cn2c(F)cc3cccc(c32)CN1. The van der Waals surface area contributed by atoms with Gasteiger partial charge in [-0.15, -0.1) is 0 Å². The Kier molecular flexibility index (Phi) is 3.24. The number of para-hydroxylation sites is 1. The van der Waals surface area contributed by atoms with Crippen molar-refractivity contribution in [1.29, 1.82) is 0 Å². The van der Waals surface area contributed by atoms with E-state index in [9.17, 15) is 9.18 Å². The van der Waals surface area contributed by atoms with Crippen LogP contribution in [-0.4, -0.2) is 22.2 Å². The number of ether oxygens (including phenoxy) is 1. The normalized spacial score (nSPS) is 18.6. The fraction of sp³-hybridized carbons (Fsp3) is 0.438. The molecule has 0 amide bonds. The van der Waals surface area contributed by atoms with Crippen LogP contribution < -0.4 is 5.32 Å². The molecule has 21 heavy (non-hydrogen) atoms. The Balaban J connectivity index is 1.95. The van der Waals surface area contributed by atoms with Crippen molar-refractivity contribution in [3.8, 4) is 0 Å². The van der Waals surface area contributed by atoms with E-state index in [1.54, 1.807) is 4.57 Å². The Bertz CT molecular complexity index is 700. The van der Waals surface area contributed by atoms with E-state index in [-0.39, 0.29) is 18.5 Å². The van der Waals surface area contributed by atoms with Gasteiger partial charge in [-0.1, -0.05) is 18.2 Å². The smallest absolute Gasteiger partial charge is 0.325 e. The van der Waals surface area contributed by atoms with Crippen LogP contribution >= 0.6 is 0 Å². The average molecular weight is 290 g/mol. The average Bonchev–Trinajstić information content (AvgIpc) is 2.56. The number of carbonyl (C=O) groups excluding carboxylic acids is 1. The lowest BCUT2D eigenvalue weighted by Crippen LogP contribution is -2.42. The number of hydrogen-bond acceptors (Lipinski definition) is 3. The van der Waals surface area contributed by atoms with E-state index in [1.807, 2.05) is 39.0 Å². The number of benzene rings is 1. The van der Waals surface area contributed by atoms with E-state index < -0.39 is 11.6 Å². The van der Waals surface area contributed by atoms with E-state index >= 15 is 0 Å². The van der Waals surface area contributed by atoms with Crippen LogP contribution in [0.1, 0.15) is 26.3 Å². The van der Waals surface area contributed by atoms with Gasteiger partial charge >= 0.3 is 5.97 Å². The van der Waals surface area contributed by atoms with Gasteiger partial charge < -0.3 is 9.30 Å². The summed E-state index contributed by atoms with van der Waals surface area (Å²) in [4.78, 5) is 12.2. The summed E-state index contributed by atoms with van der Waals surface area (Å²) in [6.07, 6.45) is 0. The van der Waals surface area contributed by atoms with Crippen molar-refractivity contribution in [2.75, 3.05) is 0 Å². The maximum absolute atomic E-state index is 14.2. The van der Waals surface area contributed by atoms with Crippen molar-refractivity contribution in [2.24, 2.45) is 0 Å². The number of halogens is 1. The Hall–Kier alpha value is -1.88. The lowest BCUT2D eigenvalue weighted by atomic mass is 10.1. The van der Waals surface area contributed by atoms with Crippen LogP contribution in [0.3, 0.4) is 0 Å². The molecule has 1 aromatic carbocycles. The molecule has 0 bridgehead atoms. The Morgan fingerprint density at radius 2 is 2.19 bits per heavy atom. The van der Waals surface area contributed by atoms with Gasteiger partial charge in [0.15, 0.2) is 5.95 Å². The van der Waals surface area contributed by atoms with Gasteiger partial charge in [-0.3, -0.25) is 10.1 Å². The second-order valence-electron chi connectivity index (χ2n) is 6.40. The van der Waals surface area contributed by atoms with Gasteiger partial charge in [0.2, 0.25) is 0 Å². The van der Waals surface area contributed by atoms with Crippen LogP contribution in [0.4, 0.5) is 4.39 Å². The third-order valence-electron chi connectivity index (χ3n) is 3.55. The summed E-state index contributed by atoms with van der Waals surface area (Å²) in [5, 5.41) is 4.02. The number of esters is 1. The summed E-state index contributed by atoms with van der Waals surface area (Å²) in [6, 6.07) is 6.68. The van der Waals surface area contributed by atoms with E-state index in [4.69, 9.17) is 4.74 Å². The topological polar surface area (TPSA) is 43.3 Å². The monoisotopic (exact) mass is 290 g/mol. The molecule has 1 N–H and O–H groups in total. The van der Waals surface area contributed by atoms with Crippen molar-refractivity contribution >= 4 is 16.9 Å². The zero-order chi connectivity index (χ0) is 15.2. The second kappa shape index (κ2) is 4.84. The summed E-state index contributed by atoms with van der Waals surface area (Å²) >= 11 is 0. The lowest BCUT2D eigenvalue weighted by Gasteiger charge is -2.24. The summed E-state index contributed by atoms with van der Waals surface area (Å²) in [6.45, 7) is 6.23. The Morgan fingerprint density at radius 1 is 1.43 bits per heavy atom. The maximum Gasteiger partial charge on any atom is 0.325 e. The first-order valence-corrected chi connectivity index (χ1v) is 7.08. The van der Waals surface area contributed by atoms with E-state index in [0.29, 0.717) is 6.54 Å². The van der Waals surface area contributed by atoms with Crippen LogP contribution in [0.25, 0.3) is 10.9 Å². The molecule has 5 heteroatoms. The summed E-state index contributed by atoms with van der Waals surface area (Å²) in [5.41, 5.74) is 1.29. The van der Waals surface area contributed by atoms with Crippen molar-refractivity contribution in [3.63, 3.8) is 0 Å². The number of aromatic nitrogens is 1. The molecular weight excluding hydrogens is 271 g/mol. The predicted octanol–water partition coefficient (Wildman–Crippen LogP) is 2.59. The van der Waals surface area contributed by atoms with E-state index in [0.717, 1.165) is 16.5 Å². The van der Waals surface area contributed by atoms with Gasteiger partial charge in [0.1, 0.15) is 11.6 Å². The molecule has 2 aromatic rings. The first-order chi connectivity index (χ1) is 9.85. The predicted molar refractivity (Wildman–Crippen MR) is 78.4 cm³/mol. The van der Waals surface area contributed by atoms with Crippen LogP contribution in [0, 0.1) is 5.95 Å². The third-order valence-corrected chi connectivity index (χ3v) is 3.55. The summed E-state index contributed by atoms with van der Waals surface area (Å²) in [5.74, 6) is -0.675. The molecular formula is C16H19FN2O2. The first kappa shape index (κ1) is 14.1. The van der Waals surface area contributed by atoms with Crippen molar-refractivity contribution in [2.45, 2.75) is 45.5 Å². The van der Waals surface area contributed by atoms with Gasteiger partial charge in [0.05, 0.1) is 12.1 Å². The largest absolute Gasteiger partial charge is 0.459 e. The van der Waals surface area contributed by atoms with Crippen LogP contribution in [0.5, 0.6) is 0 Å². The summed E-state index contributed by atoms with van der Waals surface area (Å²) < 4.78 is 21.1. The molecule has 1 aliphatic rings. The zero-order valence-electron chi connectivity index (χ0n) is 12.4. The maximum atomic E-state index is 14.2. The molecule has 1 aromatic heterocycles. The number of hydrogen-bond donors (Lipinski definition) is 1. The Labute approximate surface area is 122 Å². The van der Waals surface area contributed by atoms with Gasteiger partial charge in [0.25, 0.3) is 0 Å². The highest BCUT2D eigenvalue weighted by Crippen LogP contribution is 2.25. The fourth-order valence-corrected chi connectivity index (χ4v) is 2.70. The molecule has 1 aliphatic heterocycles. The molecule has 0 radical (unpaired) electrons. The molecule has 4 nitrogen and oxygen atoms in total. The zero-order valence-corrected chi connectivity index (χ0v) is 12.4. The molecule has 0 fully saturated rings. The van der Waals surface area contributed by atoms with Gasteiger partial charge in [-0.25, -0.2) is 0 Å². The third kappa shape index (κ3) is 2.65. The lowest BCUT2D eigenvalue weighted by molar-refractivity contribution is -0.157. The Morgan fingerprint density at radius 3 is 2.90 bits per heavy atom. The molecule has 1 atom stereocenters. The molecule has 112 valence electrons. The minimum Gasteiger partial charge on any atom is -0.459 e. The number of carbonyl (C=O) groups is 1. The van der Waals surface area contributed by atoms with Gasteiger partial charge in [0, 0.05) is 18.0 Å². The number of nitrogens with one attached hydrogen (secondary N) is 1. The minimum absolute atomic E-state index is 0.237. The van der Waals surface area contributed by atoms with E-state index in [2.05, 4.69) is 5.32 Å². The van der Waals surface area contributed by atoms with Crippen molar-refractivity contribution < 1.29 is 13.9 Å². The first-order valence-electron chi connectivity index (χ1n) is 7.08. The standard InChI is InChI=1S/C16H19FN2O2/c1-16(2,3)21-15(20)12-9-19-13(17)7-10-5-4-6-11(8-18-12)14(10)19/h4-7,12,18H,8-9H2,1-3H3. The minimum atomic E-state index is -0.554. The number of nitrogens with zero attached hydrogens (tertiary/aromatic N) is 1. The molecule has 0 spiro atoms. The highest BCUT2D eigenvalue weighted by atomic mass is 19.1. The second-order valence-corrected chi connectivity index (χ2v) is 6.40. The number of rotatable bonds is 1. The van der Waals surface area contributed by atoms with Gasteiger partial charge in [-0.05, 0) is 26.3 Å². The summed E-state index contributed by atoms with van der Waals surface area (Å²) in [7, 11) is 0. The van der Waals surface area contributed by atoms with Crippen LogP contribution in [0.2, 0.25) is 0 Å². The molecule has 0 saturated heterocycles. The molecule has 2 heterocycles. The molecule has 0 saturated carbocycles. The van der Waals surface area contributed by atoms with Crippen molar-refractivity contribution in [1.82, 2.24) is 9.88 Å². The highest BCUT2D eigenvalue weighted by molar-refractivity contribution is 5.85. The highest BCUT2D eigenvalue weighted by Gasteiger charge is 2.29. The van der Waals surface area contributed by atoms with Crippen LogP contribution in [-0.2, 0) is 22.6 Å². The molecule has 1 unspecified atom stereocenters. The van der Waals surface area contributed by atoms with Crippen molar-refractivity contribution in [3.05, 3.63) is 35.8 Å².